The van der Waals surface area contributed by atoms with Crippen molar-refractivity contribution >= 4 is 23.1 Å². The van der Waals surface area contributed by atoms with E-state index in [1.165, 1.54) is 12.8 Å². The van der Waals surface area contributed by atoms with Crippen LogP contribution < -0.4 is 11.1 Å². The minimum atomic E-state index is 0.103. The van der Waals surface area contributed by atoms with E-state index in [2.05, 4.69) is 12.2 Å². The van der Waals surface area contributed by atoms with Crippen LogP contribution in [0.5, 0.6) is 0 Å². The summed E-state index contributed by atoms with van der Waals surface area (Å²) in [4.78, 5) is 12.3. The van der Waals surface area contributed by atoms with Crippen LogP contribution in [0.2, 0.25) is 0 Å². The van der Waals surface area contributed by atoms with Gasteiger partial charge in [-0.1, -0.05) is 49.8 Å². The molecule has 1 aromatic rings. The highest BCUT2D eigenvalue weighted by Gasteiger charge is 2.36. The normalized spacial score (nSPS) is 20.9. The van der Waals surface area contributed by atoms with Crippen molar-refractivity contribution in [3.05, 3.63) is 35.4 Å². The van der Waals surface area contributed by atoms with Crippen LogP contribution in [0, 0.1) is 5.92 Å². The fraction of sp³-hybridized carbons (Fsp3) is 0.467. The molecule has 2 rings (SSSR count). The SMILES string of the molecule is CCCC1CC1NC(=O)Cc1ccc(C(N)=S)cc1. The molecule has 3 nitrogen and oxygen atoms in total. The van der Waals surface area contributed by atoms with Gasteiger partial charge in [0, 0.05) is 11.6 Å². The largest absolute Gasteiger partial charge is 0.389 e. The van der Waals surface area contributed by atoms with E-state index in [1.54, 1.807) is 0 Å². The maximum Gasteiger partial charge on any atom is 0.224 e. The molecule has 0 aliphatic heterocycles. The molecule has 0 saturated heterocycles. The van der Waals surface area contributed by atoms with Crippen molar-refractivity contribution in [2.24, 2.45) is 11.7 Å². The topological polar surface area (TPSA) is 55.1 Å². The molecular formula is C15H20N2OS. The zero-order valence-electron chi connectivity index (χ0n) is 11.2. The van der Waals surface area contributed by atoms with Gasteiger partial charge in [-0.05, 0) is 24.3 Å². The Hall–Kier alpha value is -1.42. The summed E-state index contributed by atoms with van der Waals surface area (Å²) < 4.78 is 0. The Morgan fingerprint density at radius 3 is 2.68 bits per heavy atom. The maximum absolute atomic E-state index is 11.9. The van der Waals surface area contributed by atoms with Gasteiger partial charge in [0.25, 0.3) is 0 Å². The third-order valence-electron chi connectivity index (χ3n) is 3.53. The van der Waals surface area contributed by atoms with Gasteiger partial charge < -0.3 is 11.1 Å². The summed E-state index contributed by atoms with van der Waals surface area (Å²) in [6, 6.07) is 7.95. The van der Waals surface area contributed by atoms with E-state index >= 15 is 0 Å². The molecule has 1 amide bonds. The second-order valence-corrected chi connectivity index (χ2v) is 5.64. The number of nitrogens with two attached hydrogens (primary N) is 1. The van der Waals surface area contributed by atoms with E-state index < -0.39 is 0 Å². The highest BCUT2D eigenvalue weighted by atomic mass is 32.1. The molecule has 1 aliphatic carbocycles. The van der Waals surface area contributed by atoms with E-state index in [0.29, 0.717) is 23.4 Å². The third-order valence-corrected chi connectivity index (χ3v) is 3.77. The maximum atomic E-state index is 11.9. The van der Waals surface area contributed by atoms with Crippen molar-refractivity contribution in [3.63, 3.8) is 0 Å². The first-order chi connectivity index (χ1) is 9.10. The first kappa shape index (κ1) is 14.0. The Kier molecular flexibility index (Phi) is 4.53. The first-order valence-electron chi connectivity index (χ1n) is 6.78. The van der Waals surface area contributed by atoms with Crippen LogP contribution in [-0.2, 0) is 11.2 Å². The lowest BCUT2D eigenvalue weighted by atomic mass is 10.1. The highest BCUT2D eigenvalue weighted by molar-refractivity contribution is 7.80. The van der Waals surface area contributed by atoms with Crippen LogP contribution in [-0.4, -0.2) is 16.9 Å². The lowest BCUT2D eigenvalue weighted by Gasteiger charge is -2.05. The lowest BCUT2D eigenvalue weighted by molar-refractivity contribution is -0.120. The van der Waals surface area contributed by atoms with Crippen LogP contribution in [0.4, 0.5) is 0 Å². The average molecular weight is 276 g/mol. The Bertz CT molecular complexity index is 470. The standard InChI is InChI=1S/C15H20N2OS/c1-2-3-12-9-13(12)17-14(18)8-10-4-6-11(7-5-10)15(16)19/h4-7,12-13H,2-3,8-9H2,1H3,(H2,16,19)(H,17,18). The molecule has 102 valence electrons. The number of thiocarbonyl (C=S) groups is 1. The fourth-order valence-corrected chi connectivity index (χ4v) is 2.48. The van der Waals surface area contributed by atoms with Gasteiger partial charge in [-0.25, -0.2) is 0 Å². The van der Waals surface area contributed by atoms with Crippen molar-refractivity contribution < 1.29 is 4.79 Å². The molecule has 1 aromatic carbocycles. The first-order valence-corrected chi connectivity index (χ1v) is 7.19. The van der Waals surface area contributed by atoms with E-state index in [4.69, 9.17) is 18.0 Å². The van der Waals surface area contributed by atoms with Gasteiger partial charge in [0.1, 0.15) is 4.99 Å². The van der Waals surface area contributed by atoms with Gasteiger partial charge in [0.05, 0.1) is 6.42 Å². The zero-order chi connectivity index (χ0) is 13.8. The molecule has 1 saturated carbocycles. The van der Waals surface area contributed by atoms with E-state index in [-0.39, 0.29) is 5.91 Å². The van der Waals surface area contributed by atoms with Gasteiger partial charge in [-0.2, -0.15) is 0 Å². The van der Waals surface area contributed by atoms with Crippen molar-refractivity contribution in [1.82, 2.24) is 5.32 Å². The van der Waals surface area contributed by atoms with E-state index in [1.807, 2.05) is 24.3 Å². The summed E-state index contributed by atoms with van der Waals surface area (Å²) in [5, 5.41) is 3.09. The Morgan fingerprint density at radius 1 is 1.42 bits per heavy atom. The van der Waals surface area contributed by atoms with Crippen molar-refractivity contribution in [3.8, 4) is 0 Å². The molecule has 4 heteroatoms. The Morgan fingerprint density at radius 2 is 2.11 bits per heavy atom. The lowest BCUT2D eigenvalue weighted by Crippen LogP contribution is -2.28. The molecule has 0 heterocycles. The molecule has 0 spiro atoms. The molecule has 1 aliphatic rings. The second kappa shape index (κ2) is 6.15. The molecule has 19 heavy (non-hydrogen) atoms. The molecule has 2 unspecified atom stereocenters. The predicted molar refractivity (Wildman–Crippen MR) is 81.0 cm³/mol. The van der Waals surface area contributed by atoms with Gasteiger partial charge in [0.2, 0.25) is 5.91 Å². The van der Waals surface area contributed by atoms with Gasteiger partial charge in [0.15, 0.2) is 0 Å². The molecule has 0 radical (unpaired) electrons. The number of carbonyl (C=O) groups excluding carboxylic acids is 1. The van der Waals surface area contributed by atoms with Gasteiger partial charge in [-0.3, -0.25) is 4.79 Å². The van der Waals surface area contributed by atoms with Crippen molar-refractivity contribution in [2.75, 3.05) is 0 Å². The summed E-state index contributed by atoms with van der Waals surface area (Å²) in [6.07, 6.45) is 3.97. The number of carbonyl (C=O) groups is 1. The van der Waals surface area contributed by atoms with Crippen molar-refractivity contribution in [1.29, 1.82) is 0 Å². The number of amides is 1. The van der Waals surface area contributed by atoms with Crippen LogP contribution in [0.1, 0.15) is 37.3 Å². The molecule has 2 atom stereocenters. The van der Waals surface area contributed by atoms with Crippen LogP contribution in [0.25, 0.3) is 0 Å². The highest BCUT2D eigenvalue weighted by Crippen LogP contribution is 2.34. The molecular weight excluding hydrogens is 256 g/mol. The van der Waals surface area contributed by atoms with Crippen LogP contribution in [0.15, 0.2) is 24.3 Å². The summed E-state index contributed by atoms with van der Waals surface area (Å²) >= 11 is 4.89. The zero-order valence-corrected chi connectivity index (χ0v) is 12.0. The van der Waals surface area contributed by atoms with Gasteiger partial charge in [-0.15, -0.1) is 0 Å². The number of rotatable bonds is 6. The Balaban J connectivity index is 1.81. The monoisotopic (exact) mass is 276 g/mol. The van der Waals surface area contributed by atoms with E-state index in [9.17, 15) is 4.79 Å². The molecule has 1 fully saturated rings. The number of hydrogen-bond donors (Lipinski definition) is 2. The van der Waals surface area contributed by atoms with Crippen LogP contribution in [0.3, 0.4) is 0 Å². The number of nitrogens with one attached hydrogen (secondary N) is 1. The second-order valence-electron chi connectivity index (χ2n) is 5.20. The average Bonchev–Trinajstić information content (AvgIpc) is 3.08. The summed E-state index contributed by atoms with van der Waals surface area (Å²) in [5.41, 5.74) is 7.36. The minimum absolute atomic E-state index is 0.103. The van der Waals surface area contributed by atoms with Crippen LogP contribution >= 0.6 is 12.2 Å². The van der Waals surface area contributed by atoms with E-state index in [0.717, 1.165) is 17.5 Å². The smallest absolute Gasteiger partial charge is 0.224 e. The summed E-state index contributed by atoms with van der Waals surface area (Å²) in [6.45, 7) is 2.18. The Labute approximate surface area is 119 Å². The molecule has 3 N–H and O–H groups in total. The number of benzene rings is 1. The van der Waals surface area contributed by atoms with Crippen molar-refractivity contribution in [2.45, 2.75) is 38.6 Å². The quantitative estimate of drug-likeness (QED) is 0.783. The van der Waals surface area contributed by atoms with Gasteiger partial charge >= 0.3 is 0 Å². The third kappa shape index (κ3) is 4.03. The predicted octanol–water partition coefficient (Wildman–Crippen LogP) is 2.17. The molecule has 0 aromatic heterocycles. The minimum Gasteiger partial charge on any atom is -0.389 e. The summed E-state index contributed by atoms with van der Waals surface area (Å²) in [7, 11) is 0. The number of hydrogen-bond acceptors (Lipinski definition) is 2. The summed E-state index contributed by atoms with van der Waals surface area (Å²) in [5.74, 6) is 0.803. The molecule has 0 bridgehead atoms. The fourth-order valence-electron chi connectivity index (χ4n) is 2.34.